The Bertz CT molecular complexity index is 1050. The van der Waals surface area contributed by atoms with Crippen molar-refractivity contribution in [1.29, 1.82) is 0 Å². The maximum absolute atomic E-state index is 13.5. The standard InChI is InChI=1S/C23H19Br2NO3/c1-29-21-22(27)26(14-15-6-2-4-8-19(15)25)20-9-5-3-7-18(20)23(21,28)16-10-12-17(24)13-11-16/h2-13,21,28H,14H2,1H3. The van der Waals surface area contributed by atoms with Gasteiger partial charge in [0.25, 0.3) is 5.91 Å². The van der Waals surface area contributed by atoms with Crippen LogP contribution in [-0.2, 0) is 21.7 Å². The number of hydrogen-bond donors (Lipinski definition) is 1. The number of anilines is 1. The molecule has 0 aromatic heterocycles. The Labute approximate surface area is 186 Å². The molecule has 0 saturated heterocycles. The van der Waals surface area contributed by atoms with Crippen LogP contribution in [-0.4, -0.2) is 24.2 Å². The van der Waals surface area contributed by atoms with E-state index in [1.54, 1.807) is 4.90 Å². The lowest BCUT2D eigenvalue weighted by molar-refractivity contribution is -0.145. The van der Waals surface area contributed by atoms with Gasteiger partial charge in [0.05, 0.1) is 12.2 Å². The van der Waals surface area contributed by atoms with Crippen molar-refractivity contribution in [2.75, 3.05) is 12.0 Å². The van der Waals surface area contributed by atoms with E-state index in [1.165, 1.54) is 7.11 Å². The smallest absolute Gasteiger partial charge is 0.260 e. The number of carbonyl (C=O) groups excluding carboxylic acids is 1. The summed E-state index contributed by atoms with van der Waals surface area (Å²) in [6, 6.07) is 22.5. The molecule has 2 atom stereocenters. The summed E-state index contributed by atoms with van der Waals surface area (Å²) in [6.07, 6.45) is -1.07. The van der Waals surface area contributed by atoms with Crippen molar-refractivity contribution in [3.8, 4) is 0 Å². The van der Waals surface area contributed by atoms with E-state index in [-0.39, 0.29) is 5.91 Å². The Balaban J connectivity index is 1.88. The van der Waals surface area contributed by atoms with Crippen LogP contribution in [0, 0.1) is 0 Å². The lowest BCUT2D eigenvalue weighted by Crippen LogP contribution is -2.57. The van der Waals surface area contributed by atoms with E-state index in [9.17, 15) is 9.90 Å². The highest BCUT2D eigenvalue weighted by atomic mass is 79.9. The minimum Gasteiger partial charge on any atom is -0.377 e. The van der Waals surface area contributed by atoms with Gasteiger partial charge in [-0.1, -0.05) is 80.4 Å². The number of nitrogens with zero attached hydrogens (tertiary/aromatic N) is 1. The number of para-hydroxylation sites is 1. The van der Waals surface area contributed by atoms with E-state index in [0.29, 0.717) is 23.4 Å². The van der Waals surface area contributed by atoms with Gasteiger partial charge in [0.15, 0.2) is 11.7 Å². The van der Waals surface area contributed by atoms with Crippen molar-refractivity contribution in [1.82, 2.24) is 0 Å². The summed E-state index contributed by atoms with van der Waals surface area (Å²) in [5.41, 5.74) is 1.30. The molecule has 4 nitrogen and oxygen atoms in total. The van der Waals surface area contributed by atoms with Gasteiger partial charge in [0.2, 0.25) is 0 Å². The van der Waals surface area contributed by atoms with Crippen LogP contribution >= 0.6 is 31.9 Å². The summed E-state index contributed by atoms with van der Waals surface area (Å²) < 4.78 is 7.41. The maximum Gasteiger partial charge on any atom is 0.260 e. The van der Waals surface area contributed by atoms with E-state index in [1.807, 2.05) is 72.8 Å². The summed E-state index contributed by atoms with van der Waals surface area (Å²) in [6.45, 7) is 0.369. The molecule has 1 heterocycles. The average molecular weight is 517 g/mol. The van der Waals surface area contributed by atoms with Crippen LogP contribution in [0.5, 0.6) is 0 Å². The summed E-state index contributed by atoms with van der Waals surface area (Å²) in [4.78, 5) is 15.2. The molecule has 0 fully saturated rings. The van der Waals surface area contributed by atoms with Gasteiger partial charge in [-0.05, 0) is 35.4 Å². The zero-order chi connectivity index (χ0) is 20.6. The Morgan fingerprint density at radius 3 is 2.34 bits per heavy atom. The number of rotatable bonds is 4. The van der Waals surface area contributed by atoms with E-state index in [4.69, 9.17) is 4.74 Å². The first-order chi connectivity index (χ1) is 14.0. The molecule has 0 aliphatic carbocycles. The highest BCUT2D eigenvalue weighted by Crippen LogP contribution is 2.45. The normalized spacial score (nSPS) is 21.2. The first-order valence-corrected chi connectivity index (χ1v) is 10.7. The van der Waals surface area contributed by atoms with Crippen molar-refractivity contribution in [3.63, 3.8) is 0 Å². The zero-order valence-corrected chi connectivity index (χ0v) is 18.9. The molecule has 0 radical (unpaired) electrons. The van der Waals surface area contributed by atoms with Gasteiger partial charge >= 0.3 is 0 Å². The van der Waals surface area contributed by atoms with Crippen molar-refractivity contribution in [2.45, 2.75) is 18.2 Å². The maximum atomic E-state index is 13.5. The number of carbonyl (C=O) groups is 1. The minimum atomic E-state index is -1.59. The SMILES string of the molecule is COC1C(=O)N(Cc2ccccc2Br)c2ccccc2C1(O)c1ccc(Br)cc1. The van der Waals surface area contributed by atoms with Crippen LogP contribution in [0.25, 0.3) is 0 Å². The van der Waals surface area contributed by atoms with Crippen molar-refractivity contribution in [3.05, 3.63) is 98.4 Å². The van der Waals surface area contributed by atoms with Gasteiger partial charge in [-0.2, -0.15) is 0 Å². The molecule has 0 saturated carbocycles. The number of amides is 1. The predicted octanol–water partition coefficient (Wildman–Crippen LogP) is 5.01. The monoisotopic (exact) mass is 515 g/mol. The molecular weight excluding hydrogens is 498 g/mol. The number of methoxy groups -OCH3 is 1. The van der Waals surface area contributed by atoms with Crippen LogP contribution in [0.1, 0.15) is 16.7 Å². The van der Waals surface area contributed by atoms with E-state index in [2.05, 4.69) is 31.9 Å². The van der Waals surface area contributed by atoms with Crippen molar-refractivity contribution < 1.29 is 14.6 Å². The van der Waals surface area contributed by atoms with Crippen LogP contribution < -0.4 is 4.90 Å². The second-order valence-corrected chi connectivity index (χ2v) is 8.69. The number of aliphatic hydroxyl groups is 1. The van der Waals surface area contributed by atoms with Crippen molar-refractivity contribution in [2.24, 2.45) is 0 Å². The number of benzene rings is 3. The van der Waals surface area contributed by atoms with Gasteiger partial charge in [-0.3, -0.25) is 4.79 Å². The number of fused-ring (bicyclic) bond motifs is 1. The minimum absolute atomic E-state index is 0.285. The van der Waals surface area contributed by atoms with Crippen molar-refractivity contribution >= 4 is 43.5 Å². The van der Waals surface area contributed by atoms with Gasteiger partial charge in [-0.25, -0.2) is 0 Å². The molecule has 1 aliphatic heterocycles. The lowest BCUT2D eigenvalue weighted by Gasteiger charge is -2.44. The largest absolute Gasteiger partial charge is 0.377 e. The van der Waals surface area contributed by atoms with E-state index in [0.717, 1.165) is 14.5 Å². The van der Waals surface area contributed by atoms with E-state index < -0.39 is 11.7 Å². The third-order valence-electron chi connectivity index (χ3n) is 5.28. The molecule has 2 unspecified atom stereocenters. The summed E-state index contributed by atoms with van der Waals surface area (Å²) in [5.74, 6) is -0.285. The quantitative estimate of drug-likeness (QED) is 0.530. The lowest BCUT2D eigenvalue weighted by atomic mass is 9.77. The highest BCUT2D eigenvalue weighted by Gasteiger charge is 2.52. The fraction of sp³-hybridized carbons (Fsp3) is 0.174. The summed E-state index contributed by atoms with van der Waals surface area (Å²) >= 11 is 6.98. The van der Waals surface area contributed by atoms with Gasteiger partial charge in [0, 0.05) is 21.6 Å². The Morgan fingerprint density at radius 1 is 1.00 bits per heavy atom. The molecule has 3 aromatic carbocycles. The third kappa shape index (κ3) is 3.44. The van der Waals surface area contributed by atoms with Crippen LogP contribution in [0.3, 0.4) is 0 Å². The highest BCUT2D eigenvalue weighted by molar-refractivity contribution is 9.10. The molecule has 0 bridgehead atoms. The Kier molecular flexibility index (Phi) is 5.62. The zero-order valence-electron chi connectivity index (χ0n) is 15.7. The molecule has 4 rings (SSSR count). The second kappa shape index (κ2) is 8.03. The Hall–Kier alpha value is -1.99. The summed E-state index contributed by atoms with van der Waals surface area (Å²) in [5, 5.41) is 11.9. The first-order valence-electron chi connectivity index (χ1n) is 9.12. The number of ether oxygens (including phenoxy) is 1. The van der Waals surface area contributed by atoms with E-state index >= 15 is 0 Å². The average Bonchev–Trinajstić information content (AvgIpc) is 2.73. The topological polar surface area (TPSA) is 49.8 Å². The van der Waals surface area contributed by atoms with Gasteiger partial charge in [0.1, 0.15) is 0 Å². The number of hydrogen-bond acceptors (Lipinski definition) is 3. The van der Waals surface area contributed by atoms with Crippen LogP contribution in [0.2, 0.25) is 0 Å². The molecule has 148 valence electrons. The first kappa shape index (κ1) is 20.3. The number of halogens is 2. The fourth-order valence-corrected chi connectivity index (χ4v) is 4.53. The molecule has 29 heavy (non-hydrogen) atoms. The molecule has 0 spiro atoms. The molecule has 1 amide bonds. The molecule has 6 heteroatoms. The molecule has 3 aromatic rings. The van der Waals surface area contributed by atoms with Gasteiger partial charge < -0.3 is 14.7 Å². The fourth-order valence-electron chi connectivity index (χ4n) is 3.85. The van der Waals surface area contributed by atoms with Crippen LogP contribution in [0.4, 0.5) is 5.69 Å². The third-order valence-corrected chi connectivity index (χ3v) is 6.58. The second-order valence-electron chi connectivity index (χ2n) is 6.92. The summed E-state index contributed by atoms with van der Waals surface area (Å²) in [7, 11) is 1.46. The molecule has 1 aliphatic rings. The van der Waals surface area contributed by atoms with Gasteiger partial charge in [-0.15, -0.1) is 0 Å². The Morgan fingerprint density at radius 2 is 1.66 bits per heavy atom. The molecule has 1 N–H and O–H groups in total. The van der Waals surface area contributed by atoms with Crippen LogP contribution in [0.15, 0.2) is 81.7 Å². The molecular formula is C23H19Br2NO3. The predicted molar refractivity (Wildman–Crippen MR) is 120 cm³/mol.